The highest BCUT2D eigenvalue weighted by Gasteiger charge is 2.30. The van der Waals surface area contributed by atoms with E-state index in [2.05, 4.69) is 28.2 Å². The first kappa shape index (κ1) is 15.8. The molecule has 0 spiro atoms. The lowest BCUT2D eigenvalue weighted by atomic mass is 10.1. The van der Waals surface area contributed by atoms with Crippen LogP contribution in [0, 0.1) is 11.6 Å². The van der Waals surface area contributed by atoms with Gasteiger partial charge in [-0.15, -0.1) is 0 Å². The smallest absolute Gasteiger partial charge is 0.257 e. The van der Waals surface area contributed by atoms with E-state index >= 15 is 0 Å². The van der Waals surface area contributed by atoms with Crippen LogP contribution in [0.15, 0.2) is 16.6 Å². The van der Waals surface area contributed by atoms with E-state index in [0.717, 1.165) is 37.1 Å². The number of benzene rings is 1. The molecule has 110 valence electrons. The molecule has 1 fully saturated rings. The van der Waals surface area contributed by atoms with Gasteiger partial charge in [0.2, 0.25) is 0 Å². The number of halogens is 3. The Morgan fingerprint density at radius 2 is 2.05 bits per heavy atom. The van der Waals surface area contributed by atoms with Crippen molar-refractivity contribution in [3.63, 3.8) is 0 Å². The highest BCUT2D eigenvalue weighted by molar-refractivity contribution is 9.10. The second-order valence-corrected chi connectivity index (χ2v) is 7.18. The van der Waals surface area contributed by atoms with Gasteiger partial charge in [-0.1, -0.05) is 29.3 Å². The van der Waals surface area contributed by atoms with Crippen molar-refractivity contribution in [2.24, 2.45) is 0 Å². The van der Waals surface area contributed by atoms with E-state index in [1.807, 2.05) is 0 Å². The molecule has 0 bridgehead atoms. The van der Waals surface area contributed by atoms with Crippen LogP contribution in [0.2, 0.25) is 0 Å². The third-order valence-corrected chi connectivity index (χ3v) is 5.17. The molecule has 6 heteroatoms. The monoisotopic (exact) mass is 363 g/mol. The van der Waals surface area contributed by atoms with Crippen LogP contribution in [0.4, 0.5) is 8.78 Å². The second-order valence-electron chi connectivity index (χ2n) is 4.75. The van der Waals surface area contributed by atoms with Crippen molar-refractivity contribution >= 4 is 33.6 Å². The SMILES string of the molecule is CCSC1CCCC1NC(=O)c1c(F)cc(Br)cc1F. The molecule has 0 radical (unpaired) electrons. The fraction of sp³-hybridized carbons (Fsp3) is 0.500. The Hall–Kier alpha value is -0.620. The fourth-order valence-corrected chi connectivity index (χ4v) is 4.10. The van der Waals surface area contributed by atoms with Crippen LogP contribution >= 0.6 is 27.7 Å². The van der Waals surface area contributed by atoms with Gasteiger partial charge in [0.15, 0.2) is 0 Å². The van der Waals surface area contributed by atoms with Gasteiger partial charge < -0.3 is 5.32 Å². The minimum absolute atomic E-state index is 0.00473. The van der Waals surface area contributed by atoms with Gasteiger partial charge in [0.05, 0.1) is 0 Å². The molecule has 1 aromatic rings. The molecule has 0 aromatic heterocycles. The van der Waals surface area contributed by atoms with Crippen molar-refractivity contribution in [2.75, 3.05) is 5.75 Å². The molecule has 0 saturated heterocycles. The van der Waals surface area contributed by atoms with Gasteiger partial charge in [-0.3, -0.25) is 4.79 Å². The van der Waals surface area contributed by atoms with Gasteiger partial charge in [-0.25, -0.2) is 8.78 Å². The van der Waals surface area contributed by atoms with Gasteiger partial charge in [0.1, 0.15) is 17.2 Å². The lowest BCUT2D eigenvalue weighted by Crippen LogP contribution is -2.39. The number of hydrogen-bond donors (Lipinski definition) is 1. The van der Waals surface area contributed by atoms with Crippen LogP contribution in [0.1, 0.15) is 36.5 Å². The lowest BCUT2D eigenvalue weighted by molar-refractivity contribution is 0.0930. The van der Waals surface area contributed by atoms with Crippen LogP contribution in [0.5, 0.6) is 0 Å². The molecule has 0 aliphatic heterocycles. The summed E-state index contributed by atoms with van der Waals surface area (Å²) in [5, 5.41) is 3.11. The molecule has 2 nitrogen and oxygen atoms in total. The van der Waals surface area contributed by atoms with E-state index in [-0.39, 0.29) is 10.5 Å². The van der Waals surface area contributed by atoms with E-state index in [9.17, 15) is 13.6 Å². The number of amides is 1. The predicted molar refractivity (Wildman–Crippen MR) is 81.1 cm³/mol. The lowest BCUT2D eigenvalue weighted by Gasteiger charge is -2.20. The number of carbonyl (C=O) groups excluding carboxylic acids is 1. The molecule has 20 heavy (non-hydrogen) atoms. The molecule has 1 aromatic carbocycles. The number of hydrogen-bond acceptors (Lipinski definition) is 2. The maximum Gasteiger partial charge on any atom is 0.257 e. The van der Waals surface area contributed by atoms with Gasteiger partial charge in [0.25, 0.3) is 5.91 Å². The Labute approximate surface area is 129 Å². The number of nitrogens with one attached hydrogen (secondary N) is 1. The molecular weight excluding hydrogens is 348 g/mol. The quantitative estimate of drug-likeness (QED) is 0.871. The van der Waals surface area contributed by atoms with Crippen molar-refractivity contribution in [3.05, 3.63) is 33.8 Å². The van der Waals surface area contributed by atoms with Crippen molar-refractivity contribution < 1.29 is 13.6 Å². The summed E-state index contributed by atoms with van der Waals surface area (Å²) in [7, 11) is 0. The molecular formula is C14H16BrF2NOS. The van der Waals surface area contributed by atoms with Crippen molar-refractivity contribution in [2.45, 2.75) is 37.5 Å². The van der Waals surface area contributed by atoms with Gasteiger partial charge in [-0.05, 0) is 30.7 Å². The topological polar surface area (TPSA) is 29.1 Å². The predicted octanol–water partition coefficient (Wildman–Crippen LogP) is 4.13. The summed E-state index contributed by atoms with van der Waals surface area (Å²) in [5.74, 6) is -1.38. The summed E-state index contributed by atoms with van der Waals surface area (Å²) in [6, 6.07) is 2.20. The average molecular weight is 364 g/mol. The highest BCUT2D eigenvalue weighted by atomic mass is 79.9. The Balaban J connectivity index is 2.12. The second kappa shape index (κ2) is 6.89. The maximum atomic E-state index is 13.7. The third kappa shape index (κ3) is 3.52. The van der Waals surface area contributed by atoms with Crippen LogP contribution in [0.3, 0.4) is 0 Å². The van der Waals surface area contributed by atoms with E-state index in [1.54, 1.807) is 11.8 Å². The average Bonchev–Trinajstić information content (AvgIpc) is 2.75. The molecule has 1 aliphatic rings. The number of thioether (sulfide) groups is 1. The standard InChI is InChI=1S/C14H16BrF2NOS/c1-2-20-12-5-3-4-11(12)18-14(19)13-9(16)6-8(15)7-10(13)17/h6-7,11-12H,2-5H2,1H3,(H,18,19). The molecule has 2 unspecified atom stereocenters. The van der Waals surface area contributed by atoms with Crippen molar-refractivity contribution in [3.8, 4) is 0 Å². The summed E-state index contributed by atoms with van der Waals surface area (Å²) in [6.07, 6.45) is 2.94. The molecule has 1 aliphatic carbocycles. The van der Waals surface area contributed by atoms with Gasteiger partial charge in [-0.2, -0.15) is 11.8 Å². The molecule has 1 N–H and O–H groups in total. The first-order chi connectivity index (χ1) is 9.52. The zero-order valence-electron chi connectivity index (χ0n) is 11.1. The fourth-order valence-electron chi connectivity index (χ4n) is 2.50. The molecule has 2 rings (SSSR count). The van der Waals surface area contributed by atoms with Crippen molar-refractivity contribution in [1.82, 2.24) is 5.32 Å². The normalized spacial score (nSPS) is 22.0. The summed E-state index contributed by atoms with van der Waals surface area (Å²) in [4.78, 5) is 12.1. The summed E-state index contributed by atoms with van der Waals surface area (Å²) >= 11 is 4.78. The maximum absolute atomic E-state index is 13.7. The largest absolute Gasteiger partial charge is 0.348 e. The molecule has 1 amide bonds. The summed E-state index contributed by atoms with van der Waals surface area (Å²) in [6.45, 7) is 2.07. The Kier molecular flexibility index (Phi) is 5.43. The van der Waals surface area contributed by atoms with Crippen molar-refractivity contribution in [1.29, 1.82) is 0 Å². The Bertz CT molecular complexity index is 489. The summed E-state index contributed by atoms with van der Waals surface area (Å²) < 4.78 is 27.8. The third-order valence-electron chi connectivity index (χ3n) is 3.38. The van der Waals surface area contributed by atoms with Crippen LogP contribution in [-0.2, 0) is 0 Å². The number of carbonyl (C=O) groups is 1. The van der Waals surface area contributed by atoms with E-state index in [4.69, 9.17) is 0 Å². The Morgan fingerprint density at radius 1 is 1.40 bits per heavy atom. The van der Waals surface area contributed by atoms with Crippen LogP contribution < -0.4 is 5.32 Å². The first-order valence-electron chi connectivity index (χ1n) is 6.60. The number of rotatable bonds is 4. The zero-order valence-corrected chi connectivity index (χ0v) is 13.5. The van der Waals surface area contributed by atoms with E-state index < -0.39 is 23.1 Å². The van der Waals surface area contributed by atoms with Gasteiger partial charge in [0, 0.05) is 15.8 Å². The van der Waals surface area contributed by atoms with Gasteiger partial charge >= 0.3 is 0 Å². The molecule has 0 heterocycles. The highest BCUT2D eigenvalue weighted by Crippen LogP contribution is 2.30. The van der Waals surface area contributed by atoms with E-state index in [1.165, 1.54) is 0 Å². The minimum Gasteiger partial charge on any atom is -0.348 e. The first-order valence-corrected chi connectivity index (χ1v) is 8.44. The zero-order chi connectivity index (χ0) is 14.7. The van der Waals surface area contributed by atoms with E-state index in [0.29, 0.717) is 5.25 Å². The van der Waals surface area contributed by atoms with Crippen LogP contribution in [-0.4, -0.2) is 23.0 Å². The minimum atomic E-state index is -0.841. The summed E-state index contributed by atoms with van der Waals surface area (Å²) in [5.41, 5.74) is -0.500. The Morgan fingerprint density at radius 3 is 2.65 bits per heavy atom. The molecule has 2 atom stereocenters. The van der Waals surface area contributed by atoms with Crippen LogP contribution in [0.25, 0.3) is 0 Å². The molecule has 1 saturated carbocycles.